The Morgan fingerprint density at radius 1 is 1.27 bits per heavy atom. The van der Waals surface area contributed by atoms with Gasteiger partial charge in [-0.05, 0) is 30.9 Å². The number of rotatable bonds is 4. The van der Waals surface area contributed by atoms with Gasteiger partial charge in [-0.15, -0.1) is 0 Å². The largest absolute Gasteiger partial charge is 0.393 e. The zero-order valence-corrected chi connectivity index (χ0v) is 9.00. The van der Waals surface area contributed by atoms with E-state index in [9.17, 15) is 13.9 Å². The molecule has 0 saturated heterocycles. The van der Waals surface area contributed by atoms with Crippen molar-refractivity contribution in [2.75, 3.05) is 0 Å². The molecule has 2 unspecified atom stereocenters. The first-order valence-electron chi connectivity index (χ1n) is 5.17. The Balaban J connectivity index is 2.80. The smallest absolute Gasteiger partial charge is 0.129 e. The van der Waals surface area contributed by atoms with E-state index in [1.54, 1.807) is 6.92 Å². The second kappa shape index (κ2) is 5.21. The molecule has 0 aromatic heterocycles. The maximum Gasteiger partial charge on any atom is 0.129 e. The van der Waals surface area contributed by atoms with Crippen molar-refractivity contribution in [3.8, 4) is 0 Å². The van der Waals surface area contributed by atoms with E-state index in [0.717, 1.165) is 0 Å². The highest BCUT2D eigenvalue weighted by atomic mass is 19.1. The third-order valence-electron chi connectivity index (χ3n) is 2.66. The van der Waals surface area contributed by atoms with Crippen molar-refractivity contribution in [2.45, 2.75) is 32.8 Å². The maximum atomic E-state index is 13.3. The van der Waals surface area contributed by atoms with Gasteiger partial charge in [-0.2, -0.15) is 0 Å². The number of hydrogen-bond acceptors (Lipinski definition) is 1. The van der Waals surface area contributed by atoms with Crippen LogP contribution in [0.2, 0.25) is 0 Å². The molecular weight excluding hydrogens is 198 g/mol. The number of aliphatic hydroxyl groups excluding tert-OH is 1. The Morgan fingerprint density at radius 3 is 2.27 bits per heavy atom. The highest BCUT2D eigenvalue weighted by Gasteiger charge is 2.17. The van der Waals surface area contributed by atoms with Gasteiger partial charge in [0.15, 0.2) is 0 Å². The van der Waals surface area contributed by atoms with Crippen molar-refractivity contribution in [1.29, 1.82) is 0 Å². The summed E-state index contributed by atoms with van der Waals surface area (Å²) in [6.45, 7) is 3.64. The Kier molecular flexibility index (Phi) is 4.21. The average Bonchev–Trinajstić information content (AvgIpc) is 2.22. The summed E-state index contributed by atoms with van der Waals surface area (Å²) in [4.78, 5) is 0. The molecule has 0 saturated carbocycles. The van der Waals surface area contributed by atoms with Crippen molar-refractivity contribution in [3.63, 3.8) is 0 Å². The van der Waals surface area contributed by atoms with Crippen molar-refractivity contribution in [1.82, 2.24) is 0 Å². The molecule has 0 heterocycles. The summed E-state index contributed by atoms with van der Waals surface area (Å²) in [6.07, 6.45) is 0.314. The molecule has 2 atom stereocenters. The van der Waals surface area contributed by atoms with Crippen LogP contribution in [0.4, 0.5) is 8.78 Å². The molecular formula is C12H16F2O. The normalized spacial score (nSPS) is 15.0. The molecule has 84 valence electrons. The minimum absolute atomic E-state index is 0.0671. The van der Waals surface area contributed by atoms with Crippen LogP contribution < -0.4 is 0 Å². The summed E-state index contributed by atoms with van der Waals surface area (Å²) < 4.78 is 26.5. The minimum Gasteiger partial charge on any atom is -0.393 e. The monoisotopic (exact) mass is 214 g/mol. The Morgan fingerprint density at radius 2 is 1.80 bits per heavy atom. The highest BCUT2D eigenvalue weighted by molar-refractivity contribution is 5.20. The lowest BCUT2D eigenvalue weighted by Crippen LogP contribution is -2.19. The van der Waals surface area contributed by atoms with Crippen molar-refractivity contribution >= 4 is 0 Å². The van der Waals surface area contributed by atoms with Gasteiger partial charge in [-0.25, -0.2) is 8.78 Å². The van der Waals surface area contributed by atoms with Gasteiger partial charge in [-0.1, -0.05) is 19.9 Å². The molecule has 0 aliphatic rings. The van der Waals surface area contributed by atoms with Gasteiger partial charge in [0, 0.05) is 5.56 Å². The predicted octanol–water partition coefficient (Wildman–Crippen LogP) is 2.91. The van der Waals surface area contributed by atoms with E-state index < -0.39 is 17.7 Å². The SMILES string of the molecule is CCC(O)C(C)Cc1c(F)cccc1F. The van der Waals surface area contributed by atoms with Gasteiger partial charge < -0.3 is 5.11 Å². The zero-order chi connectivity index (χ0) is 11.4. The molecule has 1 nitrogen and oxygen atoms in total. The van der Waals surface area contributed by atoms with Crippen LogP contribution in [-0.2, 0) is 6.42 Å². The molecule has 1 rings (SSSR count). The Labute approximate surface area is 88.7 Å². The summed E-state index contributed by atoms with van der Waals surface area (Å²) in [5.41, 5.74) is 0.0671. The van der Waals surface area contributed by atoms with Gasteiger partial charge in [-0.3, -0.25) is 0 Å². The standard InChI is InChI=1S/C12H16F2O/c1-3-12(15)8(2)7-9-10(13)5-4-6-11(9)14/h4-6,8,12,15H,3,7H2,1-2H3. The number of hydrogen-bond donors (Lipinski definition) is 1. The quantitative estimate of drug-likeness (QED) is 0.817. The van der Waals surface area contributed by atoms with Crippen LogP contribution in [0.5, 0.6) is 0 Å². The molecule has 15 heavy (non-hydrogen) atoms. The number of halogens is 2. The predicted molar refractivity (Wildman–Crippen MR) is 55.5 cm³/mol. The third kappa shape index (κ3) is 2.99. The van der Waals surface area contributed by atoms with Crippen molar-refractivity contribution in [3.05, 3.63) is 35.4 Å². The molecule has 3 heteroatoms. The van der Waals surface area contributed by atoms with Crippen LogP contribution in [0.25, 0.3) is 0 Å². The van der Waals surface area contributed by atoms with Crippen LogP contribution in [0.1, 0.15) is 25.8 Å². The van der Waals surface area contributed by atoms with Crippen molar-refractivity contribution < 1.29 is 13.9 Å². The van der Waals surface area contributed by atoms with E-state index in [1.807, 2.05) is 6.92 Å². The average molecular weight is 214 g/mol. The molecule has 0 spiro atoms. The maximum absolute atomic E-state index is 13.3. The first-order valence-corrected chi connectivity index (χ1v) is 5.17. The Hall–Kier alpha value is -0.960. The lowest BCUT2D eigenvalue weighted by Gasteiger charge is -2.17. The topological polar surface area (TPSA) is 20.2 Å². The van der Waals surface area contributed by atoms with Crippen LogP contribution in [0, 0.1) is 17.6 Å². The summed E-state index contributed by atoms with van der Waals surface area (Å²) >= 11 is 0. The second-order valence-electron chi connectivity index (χ2n) is 3.86. The molecule has 0 aliphatic heterocycles. The van der Waals surface area contributed by atoms with Gasteiger partial charge >= 0.3 is 0 Å². The molecule has 0 fully saturated rings. The van der Waals surface area contributed by atoms with Crippen LogP contribution in [0.3, 0.4) is 0 Å². The fourth-order valence-corrected chi connectivity index (χ4v) is 1.59. The number of benzene rings is 1. The fraction of sp³-hybridized carbons (Fsp3) is 0.500. The molecule has 1 aromatic carbocycles. The van der Waals surface area contributed by atoms with Crippen molar-refractivity contribution in [2.24, 2.45) is 5.92 Å². The zero-order valence-electron chi connectivity index (χ0n) is 9.00. The lowest BCUT2D eigenvalue weighted by atomic mass is 9.94. The van der Waals surface area contributed by atoms with E-state index in [0.29, 0.717) is 6.42 Å². The molecule has 0 aliphatic carbocycles. The molecule has 1 aromatic rings. The van der Waals surface area contributed by atoms with Gasteiger partial charge in [0.25, 0.3) is 0 Å². The van der Waals surface area contributed by atoms with Gasteiger partial charge in [0.05, 0.1) is 6.10 Å². The summed E-state index contributed by atoms with van der Waals surface area (Å²) in [5.74, 6) is -1.21. The lowest BCUT2D eigenvalue weighted by molar-refractivity contribution is 0.112. The van der Waals surface area contributed by atoms with Gasteiger partial charge in [0.1, 0.15) is 11.6 Å². The van der Waals surface area contributed by atoms with E-state index in [-0.39, 0.29) is 17.9 Å². The summed E-state index contributed by atoms with van der Waals surface area (Å²) in [7, 11) is 0. The Bertz CT molecular complexity index is 305. The van der Waals surface area contributed by atoms with E-state index in [1.165, 1.54) is 18.2 Å². The summed E-state index contributed by atoms with van der Waals surface area (Å²) in [5, 5.41) is 9.52. The fourth-order valence-electron chi connectivity index (χ4n) is 1.59. The molecule has 0 amide bonds. The second-order valence-corrected chi connectivity index (χ2v) is 3.86. The third-order valence-corrected chi connectivity index (χ3v) is 2.66. The molecule has 0 radical (unpaired) electrons. The number of aliphatic hydroxyl groups is 1. The summed E-state index contributed by atoms with van der Waals surface area (Å²) in [6, 6.07) is 3.82. The highest BCUT2D eigenvalue weighted by Crippen LogP contribution is 2.19. The molecule has 1 N–H and O–H groups in total. The van der Waals surface area contributed by atoms with Crippen LogP contribution in [-0.4, -0.2) is 11.2 Å². The first-order chi connectivity index (χ1) is 7.06. The van der Waals surface area contributed by atoms with Crippen LogP contribution in [0.15, 0.2) is 18.2 Å². The van der Waals surface area contributed by atoms with E-state index in [2.05, 4.69) is 0 Å². The van der Waals surface area contributed by atoms with Gasteiger partial charge in [0.2, 0.25) is 0 Å². The van der Waals surface area contributed by atoms with Crippen LogP contribution >= 0.6 is 0 Å². The first kappa shape index (κ1) is 12.1. The minimum atomic E-state index is -0.537. The van der Waals surface area contributed by atoms with E-state index >= 15 is 0 Å². The molecule has 0 bridgehead atoms. The van der Waals surface area contributed by atoms with E-state index in [4.69, 9.17) is 0 Å².